The number of carbonyl (C=O) groups is 1. The van der Waals surface area contributed by atoms with Crippen LogP contribution in [0.5, 0.6) is 0 Å². The molecule has 138 valence electrons. The van der Waals surface area contributed by atoms with Crippen LogP contribution in [0.25, 0.3) is 0 Å². The van der Waals surface area contributed by atoms with Crippen LogP contribution in [-0.2, 0) is 14.6 Å². The van der Waals surface area contributed by atoms with Crippen molar-refractivity contribution in [2.24, 2.45) is 5.73 Å². The topological polar surface area (TPSA) is 89.3 Å². The van der Waals surface area contributed by atoms with Crippen LogP contribution in [0.1, 0.15) is 33.6 Å². The Balaban J connectivity index is 0.00000529. The molecule has 8 heteroatoms. The van der Waals surface area contributed by atoms with Gasteiger partial charge in [-0.15, -0.1) is 24.2 Å². The molecule has 24 heavy (non-hydrogen) atoms. The van der Waals surface area contributed by atoms with Gasteiger partial charge in [0.05, 0.1) is 15.9 Å². The molecule has 0 bridgehead atoms. The molecule has 3 N–H and O–H groups in total. The van der Waals surface area contributed by atoms with E-state index >= 15 is 0 Å². The van der Waals surface area contributed by atoms with Crippen LogP contribution < -0.4 is 11.1 Å². The minimum Gasteiger partial charge on any atom is -0.355 e. The fourth-order valence-electron chi connectivity index (χ4n) is 1.99. The van der Waals surface area contributed by atoms with E-state index in [4.69, 9.17) is 5.73 Å². The molecule has 0 radical (unpaired) electrons. The van der Waals surface area contributed by atoms with E-state index in [0.29, 0.717) is 29.2 Å². The Bertz CT molecular complexity index is 622. The standard InChI is InChI=1S/C16H26N2O3S2.ClH/c1-4-11-23(20,21)15-8-6-5-7-14(15)22-13(3)16(19)18-10-9-12(2)17;/h5-8,12-13H,4,9-11,17H2,1-3H3,(H,18,19);1H. The molecule has 0 aliphatic carbocycles. The minimum atomic E-state index is -3.31. The summed E-state index contributed by atoms with van der Waals surface area (Å²) in [6, 6.07) is 6.89. The predicted molar refractivity (Wildman–Crippen MR) is 103 cm³/mol. The molecule has 1 aromatic carbocycles. The molecule has 0 saturated carbocycles. The quantitative estimate of drug-likeness (QED) is 0.628. The first-order valence-electron chi connectivity index (χ1n) is 7.79. The van der Waals surface area contributed by atoms with Gasteiger partial charge in [0.25, 0.3) is 0 Å². The number of hydrogen-bond acceptors (Lipinski definition) is 5. The van der Waals surface area contributed by atoms with E-state index in [1.807, 2.05) is 13.8 Å². The number of hydrogen-bond donors (Lipinski definition) is 2. The molecule has 1 rings (SSSR count). The number of halogens is 1. The molecule has 1 amide bonds. The van der Waals surface area contributed by atoms with Crippen LogP contribution in [0.15, 0.2) is 34.1 Å². The van der Waals surface area contributed by atoms with Crippen molar-refractivity contribution in [1.82, 2.24) is 5.32 Å². The molecule has 1 aromatic rings. The van der Waals surface area contributed by atoms with Gasteiger partial charge in [-0.2, -0.15) is 0 Å². The van der Waals surface area contributed by atoms with Gasteiger partial charge in [-0.3, -0.25) is 4.79 Å². The maximum absolute atomic E-state index is 12.3. The van der Waals surface area contributed by atoms with Gasteiger partial charge in [0, 0.05) is 17.5 Å². The smallest absolute Gasteiger partial charge is 0.233 e. The molecule has 0 spiro atoms. The summed E-state index contributed by atoms with van der Waals surface area (Å²) in [4.78, 5) is 13.0. The van der Waals surface area contributed by atoms with Gasteiger partial charge in [-0.1, -0.05) is 19.1 Å². The summed E-state index contributed by atoms with van der Waals surface area (Å²) >= 11 is 1.27. The van der Waals surface area contributed by atoms with E-state index < -0.39 is 9.84 Å². The fourth-order valence-corrected chi connectivity index (χ4v) is 4.85. The lowest BCUT2D eigenvalue weighted by atomic mass is 10.2. The second-order valence-electron chi connectivity index (χ2n) is 5.58. The van der Waals surface area contributed by atoms with Crippen molar-refractivity contribution in [2.45, 2.75) is 54.7 Å². The molecule has 5 nitrogen and oxygen atoms in total. The monoisotopic (exact) mass is 394 g/mol. The van der Waals surface area contributed by atoms with E-state index in [-0.39, 0.29) is 35.4 Å². The summed E-state index contributed by atoms with van der Waals surface area (Å²) < 4.78 is 24.6. The highest BCUT2D eigenvalue weighted by Gasteiger charge is 2.21. The number of nitrogens with two attached hydrogens (primary N) is 1. The van der Waals surface area contributed by atoms with Crippen molar-refractivity contribution in [1.29, 1.82) is 0 Å². The summed E-state index contributed by atoms with van der Waals surface area (Å²) in [7, 11) is -3.31. The predicted octanol–water partition coefficient (Wildman–Crippen LogP) is 2.63. The van der Waals surface area contributed by atoms with E-state index in [1.54, 1.807) is 31.2 Å². The highest BCUT2D eigenvalue weighted by molar-refractivity contribution is 8.01. The molecule has 0 saturated heterocycles. The summed E-state index contributed by atoms with van der Waals surface area (Å²) in [6.45, 7) is 6.02. The molecule has 0 fully saturated rings. The second kappa shape index (κ2) is 11.0. The molecular weight excluding hydrogens is 368 g/mol. The van der Waals surface area contributed by atoms with Gasteiger partial charge in [0.15, 0.2) is 9.84 Å². The number of thioether (sulfide) groups is 1. The third kappa shape index (κ3) is 7.42. The maximum atomic E-state index is 12.3. The molecule has 0 heterocycles. The molecule has 0 aliphatic heterocycles. The minimum absolute atomic E-state index is 0. The third-order valence-corrected chi connectivity index (χ3v) is 6.51. The number of amides is 1. The zero-order valence-corrected chi connectivity index (χ0v) is 16.8. The second-order valence-corrected chi connectivity index (χ2v) is 9.04. The van der Waals surface area contributed by atoms with Gasteiger partial charge in [0.1, 0.15) is 0 Å². The van der Waals surface area contributed by atoms with Crippen LogP contribution in [-0.4, -0.2) is 37.9 Å². The highest BCUT2D eigenvalue weighted by Crippen LogP contribution is 2.30. The normalized spacial score (nSPS) is 13.7. The van der Waals surface area contributed by atoms with Gasteiger partial charge < -0.3 is 11.1 Å². The van der Waals surface area contributed by atoms with E-state index in [9.17, 15) is 13.2 Å². The first-order valence-corrected chi connectivity index (χ1v) is 10.3. The van der Waals surface area contributed by atoms with Crippen LogP contribution in [0.3, 0.4) is 0 Å². The van der Waals surface area contributed by atoms with Crippen LogP contribution in [0.2, 0.25) is 0 Å². The van der Waals surface area contributed by atoms with Crippen molar-refractivity contribution in [3.8, 4) is 0 Å². The number of benzene rings is 1. The van der Waals surface area contributed by atoms with Crippen molar-refractivity contribution in [2.75, 3.05) is 12.3 Å². The number of sulfone groups is 1. The Morgan fingerprint density at radius 2 is 1.92 bits per heavy atom. The Morgan fingerprint density at radius 3 is 2.50 bits per heavy atom. The Morgan fingerprint density at radius 1 is 1.29 bits per heavy atom. The van der Waals surface area contributed by atoms with E-state index in [0.717, 1.165) is 0 Å². The molecule has 0 aromatic heterocycles. The van der Waals surface area contributed by atoms with Gasteiger partial charge in [-0.25, -0.2) is 8.42 Å². The van der Waals surface area contributed by atoms with Crippen molar-refractivity contribution in [3.63, 3.8) is 0 Å². The lowest BCUT2D eigenvalue weighted by Gasteiger charge is -2.15. The number of carbonyl (C=O) groups excluding carboxylic acids is 1. The van der Waals surface area contributed by atoms with E-state index in [1.165, 1.54) is 11.8 Å². The largest absolute Gasteiger partial charge is 0.355 e. The highest BCUT2D eigenvalue weighted by atomic mass is 35.5. The lowest BCUT2D eigenvalue weighted by Crippen LogP contribution is -2.34. The Kier molecular flexibility index (Phi) is 10.6. The summed E-state index contributed by atoms with van der Waals surface area (Å²) in [5, 5.41) is 2.45. The van der Waals surface area contributed by atoms with Gasteiger partial charge in [0.2, 0.25) is 5.91 Å². The first kappa shape index (κ1) is 23.2. The summed E-state index contributed by atoms with van der Waals surface area (Å²) in [5.41, 5.74) is 5.65. The molecule has 0 aliphatic rings. The Hall–Kier alpha value is -0.760. The van der Waals surface area contributed by atoms with Crippen molar-refractivity contribution >= 4 is 39.9 Å². The summed E-state index contributed by atoms with van der Waals surface area (Å²) in [5.74, 6) is -0.00199. The zero-order chi connectivity index (χ0) is 17.5. The first-order chi connectivity index (χ1) is 10.8. The summed E-state index contributed by atoms with van der Waals surface area (Å²) in [6.07, 6.45) is 1.28. The third-order valence-electron chi connectivity index (χ3n) is 3.23. The van der Waals surface area contributed by atoms with Crippen LogP contribution in [0, 0.1) is 0 Å². The molecular formula is C16H27ClN2O3S2. The SMILES string of the molecule is CCCS(=O)(=O)c1ccccc1SC(C)C(=O)NCCC(C)N.Cl. The number of rotatable bonds is 9. The van der Waals surface area contributed by atoms with Gasteiger partial charge >= 0.3 is 0 Å². The maximum Gasteiger partial charge on any atom is 0.233 e. The lowest BCUT2D eigenvalue weighted by molar-refractivity contribution is -0.120. The fraction of sp³-hybridized carbons (Fsp3) is 0.562. The average molecular weight is 395 g/mol. The molecule has 2 unspecified atom stereocenters. The van der Waals surface area contributed by atoms with Crippen molar-refractivity contribution < 1.29 is 13.2 Å². The van der Waals surface area contributed by atoms with Crippen LogP contribution >= 0.6 is 24.2 Å². The van der Waals surface area contributed by atoms with Gasteiger partial charge in [-0.05, 0) is 38.8 Å². The average Bonchev–Trinajstić information content (AvgIpc) is 2.47. The van der Waals surface area contributed by atoms with Crippen molar-refractivity contribution in [3.05, 3.63) is 24.3 Å². The Labute approximate surface area is 155 Å². The molecule has 2 atom stereocenters. The van der Waals surface area contributed by atoms with Crippen LogP contribution in [0.4, 0.5) is 0 Å². The zero-order valence-electron chi connectivity index (χ0n) is 14.3. The number of nitrogens with one attached hydrogen (secondary N) is 1. The van der Waals surface area contributed by atoms with E-state index in [2.05, 4.69) is 5.32 Å².